The van der Waals surface area contributed by atoms with Crippen molar-refractivity contribution in [3.05, 3.63) is 222 Å². The first-order chi connectivity index (χ1) is 28.7. The number of nitrogens with zero attached hydrogens (tertiary/aromatic N) is 1. The van der Waals surface area contributed by atoms with Crippen molar-refractivity contribution in [2.24, 2.45) is 4.99 Å². The van der Waals surface area contributed by atoms with Crippen molar-refractivity contribution in [3.63, 3.8) is 0 Å². The minimum atomic E-state index is 0.213. The smallest absolute Gasteiger partial charge is 0.0671 e. The average Bonchev–Trinajstić information content (AvgIpc) is 3.85. The van der Waals surface area contributed by atoms with E-state index in [9.17, 15) is 0 Å². The maximum absolute atomic E-state index is 5.49. The normalized spacial score (nSPS) is 20.6. The van der Waals surface area contributed by atoms with Crippen LogP contribution < -0.4 is 0 Å². The van der Waals surface area contributed by atoms with Gasteiger partial charge < -0.3 is 0 Å². The van der Waals surface area contributed by atoms with Gasteiger partial charge in [0.1, 0.15) is 0 Å². The van der Waals surface area contributed by atoms with Crippen LogP contribution in [0.1, 0.15) is 58.9 Å². The molecular formula is C55H41NS2. The van der Waals surface area contributed by atoms with Gasteiger partial charge in [-0.3, -0.25) is 4.99 Å². The third-order valence-corrected chi connectivity index (χ3v) is 14.6. The molecule has 11 rings (SSSR count). The molecule has 0 saturated carbocycles. The minimum Gasteiger partial charge on any atom is -0.253 e. The molecule has 0 bridgehead atoms. The lowest BCUT2D eigenvalue weighted by Gasteiger charge is -2.24. The molecular weight excluding hydrogens is 739 g/mol. The summed E-state index contributed by atoms with van der Waals surface area (Å²) in [5.41, 5.74) is 14.9. The highest BCUT2D eigenvalue weighted by Crippen LogP contribution is 2.50. The van der Waals surface area contributed by atoms with Crippen LogP contribution in [-0.2, 0) is 0 Å². The van der Waals surface area contributed by atoms with Crippen LogP contribution in [0, 0.1) is 0 Å². The molecule has 3 atom stereocenters. The molecule has 1 aromatic heterocycles. The summed E-state index contributed by atoms with van der Waals surface area (Å²) < 4.78 is 2.67. The largest absolute Gasteiger partial charge is 0.253 e. The molecule has 278 valence electrons. The second-order valence-electron chi connectivity index (χ2n) is 15.7. The van der Waals surface area contributed by atoms with Gasteiger partial charge in [0.25, 0.3) is 0 Å². The van der Waals surface area contributed by atoms with Crippen LogP contribution in [0.4, 0.5) is 0 Å². The van der Waals surface area contributed by atoms with Crippen molar-refractivity contribution in [2.45, 2.75) is 41.2 Å². The van der Waals surface area contributed by atoms with Gasteiger partial charge in [-0.15, -0.1) is 23.1 Å². The number of thioether (sulfide) groups is 1. The molecule has 0 N–H and O–H groups in total. The summed E-state index contributed by atoms with van der Waals surface area (Å²) in [5.74, 6) is 0.572. The quantitative estimate of drug-likeness (QED) is 0.164. The van der Waals surface area contributed by atoms with E-state index in [0.29, 0.717) is 11.2 Å². The van der Waals surface area contributed by atoms with E-state index < -0.39 is 0 Å². The Bertz CT molecular complexity index is 2950. The SMILES string of the molecule is C1=CC2Sc3ccccc3C2C=C1c1cc(C2/C=C(c3ccc(-c4ccccc4)cc3)\N=C(\c3ccccc3)CCC2)ccc1-c1ccc2sc3ccccc3c2c1. The summed E-state index contributed by atoms with van der Waals surface area (Å²) in [6.45, 7) is 0. The molecule has 0 spiro atoms. The van der Waals surface area contributed by atoms with E-state index in [2.05, 4.69) is 194 Å². The molecule has 3 aliphatic rings. The summed E-state index contributed by atoms with van der Waals surface area (Å²) in [7, 11) is 0. The number of hydrogen-bond acceptors (Lipinski definition) is 3. The maximum Gasteiger partial charge on any atom is 0.0671 e. The highest BCUT2D eigenvalue weighted by atomic mass is 32.2. The van der Waals surface area contributed by atoms with Gasteiger partial charge >= 0.3 is 0 Å². The van der Waals surface area contributed by atoms with E-state index in [0.717, 1.165) is 36.2 Å². The second kappa shape index (κ2) is 15.1. The number of thiophene rings is 1. The zero-order valence-corrected chi connectivity index (χ0v) is 33.7. The van der Waals surface area contributed by atoms with Crippen LogP contribution in [0.25, 0.3) is 53.7 Å². The highest BCUT2D eigenvalue weighted by Gasteiger charge is 2.32. The summed E-state index contributed by atoms with van der Waals surface area (Å²) in [6.07, 6.45) is 12.9. The Morgan fingerprint density at radius 1 is 0.534 bits per heavy atom. The Morgan fingerprint density at radius 3 is 2.10 bits per heavy atom. The third-order valence-electron chi connectivity index (χ3n) is 12.1. The Kier molecular flexibility index (Phi) is 9.14. The molecule has 3 heterocycles. The molecule has 2 aliphatic heterocycles. The second-order valence-corrected chi connectivity index (χ2v) is 18.0. The van der Waals surface area contributed by atoms with E-state index in [4.69, 9.17) is 4.99 Å². The minimum absolute atomic E-state index is 0.213. The summed E-state index contributed by atoms with van der Waals surface area (Å²) >= 11 is 3.88. The van der Waals surface area contributed by atoms with Gasteiger partial charge in [-0.05, 0) is 105 Å². The monoisotopic (exact) mass is 779 g/mol. The molecule has 3 heteroatoms. The summed E-state index contributed by atoms with van der Waals surface area (Å²) in [5, 5.41) is 3.10. The fraction of sp³-hybridized carbons (Fsp3) is 0.109. The number of fused-ring (bicyclic) bond motifs is 6. The molecule has 0 fully saturated rings. The van der Waals surface area contributed by atoms with Gasteiger partial charge in [0.05, 0.1) is 5.70 Å². The molecule has 0 saturated heterocycles. The lowest BCUT2D eigenvalue weighted by Crippen LogP contribution is -2.10. The number of hydrogen-bond donors (Lipinski definition) is 0. The molecule has 3 unspecified atom stereocenters. The topological polar surface area (TPSA) is 12.4 Å². The van der Waals surface area contributed by atoms with Crippen molar-refractivity contribution >= 4 is 60.3 Å². The van der Waals surface area contributed by atoms with Gasteiger partial charge in [-0.25, -0.2) is 0 Å². The van der Waals surface area contributed by atoms with Crippen LogP contribution in [0.3, 0.4) is 0 Å². The molecule has 1 aliphatic carbocycles. The van der Waals surface area contributed by atoms with Crippen LogP contribution in [0.2, 0.25) is 0 Å². The Morgan fingerprint density at radius 2 is 1.24 bits per heavy atom. The van der Waals surface area contributed by atoms with Gasteiger partial charge in [-0.2, -0.15) is 0 Å². The van der Waals surface area contributed by atoms with Gasteiger partial charge in [0, 0.05) is 47.9 Å². The Balaban J connectivity index is 1.05. The van der Waals surface area contributed by atoms with Crippen LogP contribution >= 0.6 is 23.1 Å². The molecule has 7 aromatic carbocycles. The first kappa shape index (κ1) is 35.2. The summed E-state index contributed by atoms with van der Waals surface area (Å²) in [6, 6.07) is 62.5. The van der Waals surface area contributed by atoms with E-state index in [-0.39, 0.29) is 5.92 Å². The van der Waals surface area contributed by atoms with E-state index in [1.807, 2.05) is 23.1 Å². The van der Waals surface area contributed by atoms with Crippen molar-refractivity contribution in [1.82, 2.24) is 0 Å². The fourth-order valence-corrected chi connectivity index (χ4v) is 11.5. The first-order valence-corrected chi connectivity index (χ1v) is 22.1. The van der Waals surface area contributed by atoms with Crippen LogP contribution in [-0.4, -0.2) is 11.0 Å². The van der Waals surface area contributed by atoms with Crippen molar-refractivity contribution in [2.75, 3.05) is 0 Å². The molecule has 1 nitrogen and oxygen atoms in total. The highest BCUT2D eigenvalue weighted by molar-refractivity contribution is 8.00. The fourth-order valence-electron chi connectivity index (χ4n) is 9.14. The van der Waals surface area contributed by atoms with Crippen LogP contribution in [0.5, 0.6) is 0 Å². The number of allylic oxidation sites excluding steroid dienone is 4. The first-order valence-electron chi connectivity index (χ1n) is 20.4. The van der Waals surface area contributed by atoms with Gasteiger partial charge in [0.15, 0.2) is 0 Å². The van der Waals surface area contributed by atoms with Crippen LogP contribution in [0.15, 0.2) is 204 Å². The zero-order valence-electron chi connectivity index (χ0n) is 32.1. The van der Waals surface area contributed by atoms with Crippen molar-refractivity contribution in [1.29, 1.82) is 0 Å². The molecule has 0 amide bonds. The number of benzene rings is 7. The maximum atomic E-state index is 5.49. The Labute approximate surface area is 348 Å². The molecule has 8 aromatic rings. The summed E-state index contributed by atoms with van der Waals surface area (Å²) in [4.78, 5) is 6.90. The number of aliphatic imine (C=N–C) groups is 1. The van der Waals surface area contributed by atoms with E-state index in [1.165, 1.54) is 75.1 Å². The lowest BCUT2D eigenvalue weighted by atomic mass is 9.82. The predicted octanol–water partition coefficient (Wildman–Crippen LogP) is 15.4. The third kappa shape index (κ3) is 6.59. The van der Waals surface area contributed by atoms with Crippen molar-refractivity contribution < 1.29 is 0 Å². The molecule has 0 radical (unpaired) electrons. The number of rotatable bonds is 6. The standard InChI is InChI=1S/C55H41NS2/c1-3-12-36(13-4-1)37-22-24-39(25-23-37)51-35-40(16-11-19-50(56-51)38-14-5-2-6-15-38)41-26-29-44(42-27-30-54-48(33-42)45-17-7-9-20-52(45)57-54)47(32-41)43-28-31-55-49(34-43)46-18-8-10-21-53(46)58-55/h1-10,12-15,17-18,20-35,40,49,55H,11,16,19H2/b51-35-,56-50+. The van der Waals surface area contributed by atoms with E-state index >= 15 is 0 Å². The van der Waals surface area contributed by atoms with E-state index in [1.54, 1.807) is 0 Å². The zero-order chi connectivity index (χ0) is 38.4. The lowest BCUT2D eigenvalue weighted by molar-refractivity contribution is 0.691. The van der Waals surface area contributed by atoms with Gasteiger partial charge in [-0.1, -0.05) is 164 Å². The predicted molar refractivity (Wildman–Crippen MR) is 250 cm³/mol. The van der Waals surface area contributed by atoms with Gasteiger partial charge in [0.2, 0.25) is 0 Å². The molecule has 58 heavy (non-hydrogen) atoms. The Hall–Kier alpha value is -6.00. The average molecular weight is 780 g/mol. The van der Waals surface area contributed by atoms with Crippen molar-refractivity contribution in [3.8, 4) is 22.3 Å².